The molecule has 3 atom stereocenters. The number of fused-ring (bicyclic) bond motifs is 1. The summed E-state index contributed by atoms with van der Waals surface area (Å²) in [7, 11) is 1.41. The largest absolute Gasteiger partial charge is 0.416 e. The minimum atomic E-state index is -5.02. The van der Waals surface area contributed by atoms with Crippen LogP contribution in [0.4, 0.5) is 31.1 Å². The summed E-state index contributed by atoms with van der Waals surface area (Å²) in [5.41, 5.74) is -3.23. The Morgan fingerprint density at radius 2 is 1.62 bits per heavy atom. The highest BCUT2D eigenvalue weighted by molar-refractivity contribution is 5.81. The normalized spacial score (nSPS) is 23.2. The van der Waals surface area contributed by atoms with E-state index in [4.69, 9.17) is 0 Å². The molecule has 0 bridgehead atoms. The van der Waals surface area contributed by atoms with Gasteiger partial charge in [0.2, 0.25) is 5.91 Å². The number of carbonyl (C=O) groups is 2. The lowest BCUT2D eigenvalue weighted by Crippen LogP contribution is -2.69. The van der Waals surface area contributed by atoms with E-state index in [1.54, 1.807) is 36.1 Å². The van der Waals surface area contributed by atoms with Crippen molar-refractivity contribution in [3.63, 3.8) is 0 Å². The molecule has 0 aliphatic carbocycles. The van der Waals surface area contributed by atoms with Crippen LogP contribution in [0.25, 0.3) is 0 Å². The Bertz CT molecular complexity index is 1180. The predicted molar refractivity (Wildman–Crippen MR) is 124 cm³/mol. The second-order valence-corrected chi connectivity index (χ2v) is 9.55. The molecular formula is C26H27F6N3O2. The summed E-state index contributed by atoms with van der Waals surface area (Å²) in [5.74, 6) is -1.21. The second kappa shape index (κ2) is 9.25. The fourth-order valence-corrected chi connectivity index (χ4v) is 6.03. The average Bonchev–Trinajstić information content (AvgIpc) is 3.22. The topological polar surface area (TPSA) is 52.7 Å². The fraction of sp³-hybridized carbons (Fsp3) is 0.462. The van der Waals surface area contributed by atoms with Crippen LogP contribution in [0.2, 0.25) is 0 Å². The number of hydrogen-bond donors (Lipinski definition) is 1. The molecule has 4 rings (SSSR count). The molecule has 37 heavy (non-hydrogen) atoms. The van der Waals surface area contributed by atoms with Crippen molar-refractivity contribution in [3.8, 4) is 0 Å². The van der Waals surface area contributed by atoms with Gasteiger partial charge in [0, 0.05) is 32.5 Å². The van der Waals surface area contributed by atoms with Crippen LogP contribution >= 0.6 is 0 Å². The van der Waals surface area contributed by atoms with Crippen molar-refractivity contribution in [2.75, 3.05) is 20.1 Å². The van der Waals surface area contributed by atoms with Crippen molar-refractivity contribution in [1.82, 2.24) is 15.1 Å². The third-order valence-corrected chi connectivity index (χ3v) is 7.65. The van der Waals surface area contributed by atoms with Gasteiger partial charge in [-0.3, -0.25) is 4.79 Å². The number of nitrogens with one attached hydrogen (secondary N) is 1. The Morgan fingerprint density at radius 3 is 2.16 bits per heavy atom. The summed E-state index contributed by atoms with van der Waals surface area (Å²) >= 11 is 0. The van der Waals surface area contributed by atoms with Crippen LogP contribution in [0, 0.1) is 6.92 Å². The number of alkyl halides is 6. The summed E-state index contributed by atoms with van der Waals surface area (Å²) in [4.78, 5) is 29.2. The molecule has 0 spiro atoms. The maximum atomic E-state index is 13.8. The molecular weight excluding hydrogens is 500 g/mol. The SMILES string of the molecule is CNC(=O)N1CCN2C(=O)CCC2C1(c1ccccc1C)[C@H](C)c1cc(C(F)(F)F)cc(C(F)(F)F)c1. The van der Waals surface area contributed by atoms with E-state index in [2.05, 4.69) is 5.32 Å². The summed E-state index contributed by atoms with van der Waals surface area (Å²) in [6.45, 7) is 3.58. The molecule has 2 saturated heterocycles. The van der Waals surface area contributed by atoms with Crippen molar-refractivity contribution in [2.45, 2.75) is 56.5 Å². The zero-order valence-corrected chi connectivity index (χ0v) is 20.5. The van der Waals surface area contributed by atoms with Crippen molar-refractivity contribution < 1.29 is 35.9 Å². The van der Waals surface area contributed by atoms with E-state index in [1.807, 2.05) is 0 Å². The molecule has 2 heterocycles. The van der Waals surface area contributed by atoms with E-state index in [0.29, 0.717) is 17.5 Å². The van der Waals surface area contributed by atoms with Crippen LogP contribution < -0.4 is 5.32 Å². The molecule has 2 fully saturated rings. The Labute approximate surface area is 210 Å². The van der Waals surface area contributed by atoms with E-state index >= 15 is 0 Å². The zero-order valence-electron chi connectivity index (χ0n) is 20.5. The van der Waals surface area contributed by atoms with Gasteiger partial charge in [0.05, 0.1) is 22.7 Å². The zero-order chi connectivity index (χ0) is 27.3. The number of urea groups is 1. The number of carbonyl (C=O) groups excluding carboxylic acids is 2. The number of piperazine rings is 1. The number of nitrogens with zero attached hydrogens (tertiary/aromatic N) is 2. The van der Waals surface area contributed by atoms with Crippen molar-refractivity contribution >= 4 is 11.9 Å². The monoisotopic (exact) mass is 527 g/mol. The van der Waals surface area contributed by atoms with Gasteiger partial charge < -0.3 is 15.1 Å². The number of aryl methyl sites for hydroxylation is 1. The van der Waals surface area contributed by atoms with Gasteiger partial charge in [0.15, 0.2) is 0 Å². The molecule has 5 nitrogen and oxygen atoms in total. The molecule has 0 aromatic heterocycles. The van der Waals surface area contributed by atoms with E-state index in [-0.39, 0.29) is 37.0 Å². The summed E-state index contributed by atoms with van der Waals surface area (Å²) in [6, 6.07) is 7.33. The van der Waals surface area contributed by atoms with Crippen molar-refractivity contribution in [3.05, 3.63) is 70.3 Å². The van der Waals surface area contributed by atoms with E-state index < -0.39 is 47.0 Å². The molecule has 0 saturated carbocycles. The van der Waals surface area contributed by atoms with Crippen LogP contribution in [-0.2, 0) is 22.7 Å². The smallest absolute Gasteiger partial charge is 0.341 e. The lowest BCUT2D eigenvalue weighted by Gasteiger charge is -2.57. The highest BCUT2D eigenvalue weighted by Gasteiger charge is 2.59. The van der Waals surface area contributed by atoms with Gasteiger partial charge in [-0.25, -0.2) is 4.79 Å². The van der Waals surface area contributed by atoms with E-state index in [9.17, 15) is 35.9 Å². The first kappa shape index (κ1) is 26.8. The van der Waals surface area contributed by atoms with Crippen LogP contribution in [0.1, 0.15) is 53.5 Å². The predicted octanol–water partition coefficient (Wildman–Crippen LogP) is 5.68. The second-order valence-electron chi connectivity index (χ2n) is 9.55. The third-order valence-electron chi connectivity index (χ3n) is 7.65. The van der Waals surface area contributed by atoms with Crippen molar-refractivity contribution in [2.24, 2.45) is 0 Å². The summed E-state index contributed by atoms with van der Waals surface area (Å²) in [5, 5.41) is 2.57. The lowest BCUT2D eigenvalue weighted by molar-refractivity contribution is -0.143. The molecule has 2 aliphatic heterocycles. The number of amides is 3. The Balaban J connectivity index is 2.06. The van der Waals surface area contributed by atoms with Gasteiger partial charge in [-0.15, -0.1) is 0 Å². The van der Waals surface area contributed by atoms with Gasteiger partial charge >= 0.3 is 18.4 Å². The first-order valence-corrected chi connectivity index (χ1v) is 11.9. The minimum absolute atomic E-state index is 0.0612. The molecule has 2 aromatic carbocycles. The Morgan fingerprint density at radius 1 is 1.03 bits per heavy atom. The highest BCUT2D eigenvalue weighted by atomic mass is 19.4. The molecule has 11 heteroatoms. The van der Waals surface area contributed by atoms with Gasteiger partial charge in [-0.1, -0.05) is 31.2 Å². The third kappa shape index (κ3) is 4.42. The van der Waals surface area contributed by atoms with Gasteiger partial charge in [-0.2, -0.15) is 26.3 Å². The first-order valence-electron chi connectivity index (χ1n) is 11.9. The molecule has 2 unspecified atom stereocenters. The Kier molecular flexibility index (Phi) is 6.71. The standard InChI is InChI=1S/C26H27F6N3O2/c1-15-6-4-5-7-20(15)24(21-8-9-22(36)34(21)10-11-35(24)23(37)33-3)16(2)17-12-18(25(27,28)29)14-19(13-17)26(30,31)32/h4-7,12-14,16,21H,8-11H2,1-3H3,(H,33,37)/t16-,21?,24?/m1/s1. The molecule has 200 valence electrons. The maximum Gasteiger partial charge on any atom is 0.416 e. The number of benzene rings is 2. The molecule has 2 aromatic rings. The lowest BCUT2D eigenvalue weighted by atomic mass is 9.66. The van der Waals surface area contributed by atoms with Crippen molar-refractivity contribution in [1.29, 1.82) is 0 Å². The number of halogens is 6. The van der Waals surface area contributed by atoms with E-state index in [0.717, 1.165) is 12.1 Å². The molecule has 2 aliphatic rings. The number of hydrogen-bond acceptors (Lipinski definition) is 2. The van der Waals surface area contributed by atoms with Crippen LogP contribution in [0.5, 0.6) is 0 Å². The van der Waals surface area contributed by atoms with E-state index in [1.165, 1.54) is 18.9 Å². The minimum Gasteiger partial charge on any atom is -0.341 e. The molecule has 0 radical (unpaired) electrons. The van der Waals surface area contributed by atoms with Gasteiger partial charge in [-0.05, 0) is 48.2 Å². The first-order chi connectivity index (χ1) is 17.2. The highest BCUT2D eigenvalue weighted by Crippen LogP contribution is 2.53. The summed E-state index contributed by atoms with van der Waals surface area (Å²) < 4.78 is 82.5. The van der Waals surface area contributed by atoms with Crippen LogP contribution in [0.3, 0.4) is 0 Å². The Hall–Kier alpha value is -3.24. The molecule has 1 N–H and O–H groups in total. The molecule has 3 amide bonds. The van der Waals surface area contributed by atoms with Gasteiger partial charge in [0.25, 0.3) is 0 Å². The fourth-order valence-electron chi connectivity index (χ4n) is 6.03. The summed E-state index contributed by atoms with van der Waals surface area (Å²) in [6.07, 6.45) is -9.57. The maximum absolute atomic E-state index is 13.8. The van der Waals surface area contributed by atoms with Crippen LogP contribution in [-0.4, -0.2) is 47.9 Å². The number of rotatable bonds is 3. The average molecular weight is 528 g/mol. The quantitative estimate of drug-likeness (QED) is 0.523. The van der Waals surface area contributed by atoms with Crippen LogP contribution in [0.15, 0.2) is 42.5 Å². The van der Waals surface area contributed by atoms with Gasteiger partial charge in [0.1, 0.15) is 0 Å².